The van der Waals surface area contributed by atoms with E-state index in [9.17, 15) is 14.4 Å². The SMILES string of the molecule is CCNC(=O)c1cccc(NC(=O)COC(=O)c2ccc(C#N)cc2)c1. The van der Waals surface area contributed by atoms with E-state index in [0.717, 1.165) is 0 Å². The summed E-state index contributed by atoms with van der Waals surface area (Å²) in [5.74, 6) is -1.43. The molecule has 2 aromatic carbocycles. The van der Waals surface area contributed by atoms with Crippen molar-refractivity contribution in [1.29, 1.82) is 5.26 Å². The number of hydrogen-bond acceptors (Lipinski definition) is 5. The second-order valence-electron chi connectivity index (χ2n) is 5.25. The zero-order chi connectivity index (χ0) is 18.9. The number of amides is 2. The first-order valence-electron chi connectivity index (χ1n) is 7.89. The molecule has 0 aliphatic heterocycles. The van der Waals surface area contributed by atoms with Gasteiger partial charge in [-0.15, -0.1) is 0 Å². The molecule has 0 spiro atoms. The van der Waals surface area contributed by atoms with E-state index in [2.05, 4.69) is 10.6 Å². The molecule has 0 aliphatic rings. The molecule has 2 rings (SSSR count). The Morgan fingerprint density at radius 1 is 1.08 bits per heavy atom. The van der Waals surface area contributed by atoms with Crippen LogP contribution in [0, 0.1) is 11.3 Å². The Labute approximate surface area is 150 Å². The summed E-state index contributed by atoms with van der Waals surface area (Å²) < 4.78 is 4.94. The number of rotatable bonds is 6. The molecule has 0 radical (unpaired) electrons. The first kappa shape index (κ1) is 18.7. The van der Waals surface area contributed by atoms with Gasteiger partial charge in [0.2, 0.25) is 0 Å². The van der Waals surface area contributed by atoms with E-state index >= 15 is 0 Å². The second kappa shape index (κ2) is 8.99. The fourth-order valence-electron chi connectivity index (χ4n) is 2.09. The van der Waals surface area contributed by atoms with Crippen LogP contribution < -0.4 is 10.6 Å². The Hall–Kier alpha value is -3.66. The first-order chi connectivity index (χ1) is 12.5. The molecular weight excluding hydrogens is 334 g/mol. The summed E-state index contributed by atoms with van der Waals surface area (Å²) in [7, 11) is 0. The van der Waals surface area contributed by atoms with Crippen LogP contribution in [0.4, 0.5) is 5.69 Å². The molecule has 0 unspecified atom stereocenters. The number of benzene rings is 2. The van der Waals surface area contributed by atoms with Crippen LogP contribution in [0.15, 0.2) is 48.5 Å². The molecule has 0 bridgehead atoms. The zero-order valence-electron chi connectivity index (χ0n) is 14.1. The van der Waals surface area contributed by atoms with Gasteiger partial charge in [-0.1, -0.05) is 6.07 Å². The van der Waals surface area contributed by atoms with Gasteiger partial charge >= 0.3 is 5.97 Å². The lowest BCUT2D eigenvalue weighted by atomic mass is 10.1. The van der Waals surface area contributed by atoms with E-state index in [4.69, 9.17) is 10.00 Å². The minimum Gasteiger partial charge on any atom is -0.452 e. The standard InChI is InChI=1S/C19H17N3O4/c1-2-21-18(24)15-4-3-5-16(10-15)22-17(23)12-26-19(25)14-8-6-13(11-20)7-9-14/h3-10H,2,12H2,1H3,(H,21,24)(H,22,23). The van der Waals surface area contributed by atoms with Gasteiger partial charge in [-0.25, -0.2) is 4.79 Å². The molecule has 26 heavy (non-hydrogen) atoms. The van der Waals surface area contributed by atoms with Crippen molar-refractivity contribution in [3.8, 4) is 6.07 Å². The molecule has 2 amide bonds. The summed E-state index contributed by atoms with van der Waals surface area (Å²) in [4.78, 5) is 35.6. The lowest BCUT2D eigenvalue weighted by Gasteiger charge is -2.08. The van der Waals surface area contributed by atoms with Gasteiger partial charge in [-0.3, -0.25) is 9.59 Å². The van der Waals surface area contributed by atoms with Crippen molar-refractivity contribution < 1.29 is 19.1 Å². The van der Waals surface area contributed by atoms with Crippen LogP contribution >= 0.6 is 0 Å². The number of ether oxygens (including phenoxy) is 1. The Morgan fingerprint density at radius 2 is 1.81 bits per heavy atom. The Bertz CT molecular complexity index is 854. The van der Waals surface area contributed by atoms with Gasteiger partial charge in [0.1, 0.15) is 0 Å². The van der Waals surface area contributed by atoms with Gasteiger partial charge in [0.15, 0.2) is 6.61 Å². The van der Waals surface area contributed by atoms with Crippen molar-refractivity contribution in [2.45, 2.75) is 6.92 Å². The maximum absolute atomic E-state index is 11.9. The minimum atomic E-state index is -0.666. The molecule has 132 valence electrons. The van der Waals surface area contributed by atoms with Crippen LogP contribution in [-0.2, 0) is 9.53 Å². The second-order valence-corrected chi connectivity index (χ2v) is 5.25. The number of esters is 1. The van der Waals surface area contributed by atoms with E-state index in [1.165, 1.54) is 30.3 Å². The van der Waals surface area contributed by atoms with E-state index in [-0.39, 0.29) is 11.5 Å². The smallest absolute Gasteiger partial charge is 0.338 e. The number of hydrogen-bond donors (Lipinski definition) is 2. The van der Waals surface area contributed by atoms with Crippen LogP contribution in [0.2, 0.25) is 0 Å². The third-order valence-corrected chi connectivity index (χ3v) is 3.33. The maximum Gasteiger partial charge on any atom is 0.338 e. The van der Waals surface area contributed by atoms with Crippen molar-refractivity contribution in [2.75, 3.05) is 18.5 Å². The topological polar surface area (TPSA) is 108 Å². The minimum absolute atomic E-state index is 0.240. The molecule has 7 nitrogen and oxygen atoms in total. The van der Waals surface area contributed by atoms with Gasteiger partial charge in [-0.2, -0.15) is 5.26 Å². The van der Waals surface area contributed by atoms with Gasteiger partial charge in [0.05, 0.1) is 17.2 Å². The van der Waals surface area contributed by atoms with Crippen molar-refractivity contribution in [1.82, 2.24) is 5.32 Å². The van der Waals surface area contributed by atoms with Crippen molar-refractivity contribution >= 4 is 23.5 Å². The molecule has 2 aromatic rings. The van der Waals surface area contributed by atoms with E-state index < -0.39 is 18.5 Å². The van der Waals surface area contributed by atoms with Gasteiger partial charge in [0, 0.05) is 17.8 Å². The highest BCUT2D eigenvalue weighted by atomic mass is 16.5. The van der Waals surface area contributed by atoms with E-state index in [1.54, 1.807) is 18.2 Å². The highest BCUT2D eigenvalue weighted by Gasteiger charge is 2.11. The molecule has 0 aliphatic carbocycles. The van der Waals surface area contributed by atoms with Crippen molar-refractivity contribution in [2.24, 2.45) is 0 Å². The molecule has 0 saturated heterocycles. The fraction of sp³-hybridized carbons (Fsp3) is 0.158. The summed E-state index contributed by atoms with van der Waals surface area (Å²) >= 11 is 0. The van der Waals surface area contributed by atoms with Crippen molar-refractivity contribution in [3.05, 3.63) is 65.2 Å². The third-order valence-electron chi connectivity index (χ3n) is 3.33. The molecule has 0 atom stereocenters. The quantitative estimate of drug-likeness (QED) is 0.775. The molecule has 2 N–H and O–H groups in total. The zero-order valence-corrected chi connectivity index (χ0v) is 14.1. The summed E-state index contributed by atoms with van der Waals surface area (Å²) in [5, 5.41) is 14.0. The number of nitrogens with zero attached hydrogens (tertiary/aromatic N) is 1. The van der Waals surface area contributed by atoms with Crippen molar-refractivity contribution in [3.63, 3.8) is 0 Å². The normalized spacial score (nSPS) is 9.69. The Morgan fingerprint density at radius 3 is 2.46 bits per heavy atom. The molecule has 0 saturated carbocycles. The van der Waals surface area contributed by atoms with Gasteiger partial charge in [0.25, 0.3) is 11.8 Å². The average molecular weight is 351 g/mol. The number of carbonyl (C=O) groups is 3. The van der Waals surface area contributed by atoms with Crippen LogP contribution in [-0.4, -0.2) is 30.9 Å². The van der Waals surface area contributed by atoms with Crippen LogP contribution in [0.25, 0.3) is 0 Å². The highest BCUT2D eigenvalue weighted by Crippen LogP contribution is 2.11. The van der Waals surface area contributed by atoms with E-state index in [0.29, 0.717) is 23.4 Å². The molecule has 0 heterocycles. The lowest BCUT2D eigenvalue weighted by Crippen LogP contribution is -2.23. The highest BCUT2D eigenvalue weighted by molar-refractivity contribution is 5.98. The number of nitrogens with one attached hydrogen (secondary N) is 2. The number of nitriles is 1. The number of anilines is 1. The van der Waals surface area contributed by atoms with Crippen LogP contribution in [0.5, 0.6) is 0 Å². The summed E-state index contributed by atoms with van der Waals surface area (Å²) in [5.41, 5.74) is 1.51. The molecular formula is C19H17N3O4. The Kier molecular flexibility index (Phi) is 6.46. The third kappa shape index (κ3) is 5.18. The summed E-state index contributed by atoms with van der Waals surface area (Å²) in [6, 6.07) is 14.3. The lowest BCUT2D eigenvalue weighted by molar-refractivity contribution is -0.119. The molecule has 0 fully saturated rings. The predicted octanol–water partition coefficient (Wildman–Crippen LogP) is 2.10. The van der Waals surface area contributed by atoms with Crippen LogP contribution in [0.1, 0.15) is 33.2 Å². The predicted molar refractivity (Wildman–Crippen MR) is 94.5 cm³/mol. The summed E-state index contributed by atoms with van der Waals surface area (Å²) in [6.45, 7) is 1.84. The monoisotopic (exact) mass is 351 g/mol. The van der Waals surface area contributed by atoms with E-state index in [1.807, 2.05) is 13.0 Å². The molecule has 7 heteroatoms. The first-order valence-corrected chi connectivity index (χ1v) is 7.89. The summed E-state index contributed by atoms with van der Waals surface area (Å²) in [6.07, 6.45) is 0. The average Bonchev–Trinajstić information content (AvgIpc) is 2.66. The number of carbonyl (C=O) groups excluding carboxylic acids is 3. The van der Waals surface area contributed by atoms with Gasteiger partial charge in [-0.05, 0) is 49.4 Å². The Balaban J connectivity index is 1.90. The maximum atomic E-state index is 11.9. The fourth-order valence-corrected chi connectivity index (χ4v) is 2.09. The largest absolute Gasteiger partial charge is 0.452 e. The van der Waals surface area contributed by atoms with Gasteiger partial charge < -0.3 is 15.4 Å². The molecule has 0 aromatic heterocycles. The van der Waals surface area contributed by atoms with Crippen LogP contribution in [0.3, 0.4) is 0 Å².